The van der Waals surface area contributed by atoms with Crippen molar-refractivity contribution in [1.82, 2.24) is 5.32 Å². The van der Waals surface area contributed by atoms with E-state index in [2.05, 4.69) is 12.2 Å². The second kappa shape index (κ2) is 9.11. The SMILES string of the molecule is CCC(CCNC)CCC(Cl)CCl. The lowest BCUT2D eigenvalue weighted by Gasteiger charge is -2.15. The Morgan fingerprint density at radius 2 is 1.92 bits per heavy atom. The normalized spacial score (nSPS) is 15.7. The maximum atomic E-state index is 5.95. The van der Waals surface area contributed by atoms with E-state index in [9.17, 15) is 0 Å². The van der Waals surface area contributed by atoms with Crippen molar-refractivity contribution in [3.8, 4) is 0 Å². The molecule has 1 nitrogen and oxygen atoms in total. The molecule has 0 saturated carbocycles. The van der Waals surface area contributed by atoms with Gasteiger partial charge >= 0.3 is 0 Å². The predicted octanol–water partition coefficient (Wildman–Crippen LogP) is 3.25. The van der Waals surface area contributed by atoms with E-state index >= 15 is 0 Å². The first-order valence-corrected chi connectivity index (χ1v) is 6.06. The third-order valence-corrected chi connectivity index (χ3v) is 3.34. The number of nitrogens with one attached hydrogen (secondary N) is 1. The molecule has 0 rings (SSSR count). The van der Waals surface area contributed by atoms with Crippen LogP contribution in [-0.4, -0.2) is 24.8 Å². The fourth-order valence-corrected chi connectivity index (χ4v) is 1.68. The summed E-state index contributed by atoms with van der Waals surface area (Å²) in [5.41, 5.74) is 0. The van der Waals surface area contributed by atoms with E-state index in [4.69, 9.17) is 23.2 Å². The first kappa shape index (κ1) is 13.5. The van der Waals surface area contributed by atoms with Gasteiger partial charge in [-0.25, -0.2) is 0 Å². The molecular weight excluding hydrogens is 205 g/mol. The molecule has 0 aliphatic carbocycles. The van der Waals surface area contributed by atoms with Crippen LogP contribution in [0.15, 0.2) is 0 Å². The van der Waals surface area contributed by atoms with Gasteiger partial charge in [-0.1, -0.05) is 13.3 Å². The van der Waals surface area contributed by atoms with Gasteiger partial charge < -0.3 is 5.32 Å². The quantitative estimate of drug-likeness (QED) is 0.626. The topological polar surface area (TPSA) is 12.0 Å². The first-order chi connectivity index (χ1) is 6.24. The number of halogens is 2. The third-order valence-electron chi connectivity index (χ3n) is 2.44. The van der Waals surface area contributed by atoms with Crippen molar-refractivity contribution in [3.05, 3.63) is 0 Å². The lowest BCUT2D eigenvalue weighted by molar-refractivity contribution is 0.417. The van der Waals surface area contributed by atoms with Gasteiger partial charge in [-0.15, -0.1) is 23.2 Å². The summed E-state index contributed by atoms with van der Waals surface area (Å²) in [6.45, 7) is 3.34. The highest BCUT2D eigenvalue weighted by molar-refractivity contribution is 6.28. The van der Waals surface area contributed by atoms with Gasteiger partial charge in [0.25, 0.3) is 0 Å². The van der Waals surface area contributed by atoms with Crippen molar-refractivity contribution in [2.45, 2.75) is 38.0 Å². The Labute approximate surface area is 92.2 Å². The minimum Gasteiger partial charge on any atom is -0.320 e. The van der Waals surface area contributed by atoms with Crippen LogP contribution in [0.4, 0.5) is 0 Å². The first-order valence-electron chi connectivity index (χ1n) is 5.09. The number of hydrogen-bond donors (Lipinski definition) is 1. The van der Waals surface area contributed by atoms with Gasteiger partial charge in [0.2, 0.25) is 0 Å². The molecule has 0 fully saturated rings. The van der Waals surface area contributed by atoms with Gasteiger partial charge in [0.15, 0.2) is 0 Å². The minimum absolute atomic E-state index is 0.158. The average Bonchev–Trinajstić information content (AvgIpc) is 2.17. The smallest absolute Gasteiger partial charge is 0.0471 e. The zero-order valence-electron chi connectivity index (χ0n) is 8.65. The van der Waals surface area contributed by atoms with Crippen molar-refractivity contribution < 1.29 is 0 Å². The molecule has 13 heavy (non-hydrogen) atoms. The molecule has 0 heterocycles. The molecule has 2 unspecified atom stereocenters. The molecule has 0 aliphatic heterocycles. The molecule has 0 aliphatic rings. The monoisotopic (exact) mass is 225 g/mol. The van der Waals surface area contributed by atoms with E-state index in [-0.39, 0.29) is 5.38 Å². The zero-order chi connectivity index (χ0) is 10.1. The summed E-state index contributed by atoms with van der Waals surface area (Å²) in [4.78, 5) is 0. The van der Waals surface area contributed by atoms with Crippen LogP contribution >= 0.6 is 23.2 Å². The van der Waals surface area contributed by atoms with Crippen molar-refractivity contribution in [1.29, 1.82) is 0 Å². The van der Waals surface area contributed by atoms with Crippen LogP contribution in [0.3, 0.4) is 0 Å². The maximum absolute atomic E-state index is 5.95. The number of alkyl halides is 2. The van der Waals surface area contributed by atoms with Crippen LogP contribution in [0.2, 0.25) is 0 Å². The van der Waals surface area contributed by atoms with Crippen molar-refractivity contribution in [2.24, 2.45) is 5.92 Å². The molecule has 0 aromatic rings. The summed E-state index contributed by atoms with van der Waals surface area (Å²) in [5, 5.41) is 3.33. The largest absolute Gasteiger partial charge is 0.320 e. The highest BCUT2D eigenvalue weighted by atomic mass is 35.5. The molecule has 0 spiro atoms. The lowest BCUT2D eigenvalue weighted by atomic mass is 9.96. The molecule has 0 amide bonds. The van der Waals surface area contributed by atoms with E-state index in [1.54, 1.807) is 0 Å². The van der Waals surface area contributed by atoms with Gasteiger partial charge in [-0.3, -0.25) is 0 Å². The van der Waals surface area contributed by atoms with Crippen molar-refractivity contribution in [3.63, 3.8) is 0 Å². The van der Waals surface area contributed by atoms with Gasteiger partial charge in [0.1, 0.15) is 0 Å². The van der Waals surface area contributed by atoms with E-state index in [0.29, 0.717) is 5.88 Å². The summed E-state index contributed by atoms with van der Waals surface area (Å²) in [6.07, 6.45) is 4.75. The van der Waals surface area contributed by atoms with Crippen LogP contribution < -0.4 is 5.32 Å². The molecular formula is C10H21Cl2N. The molecule has 2 atom stereocenters. The Kier molecular flexibility index (Phi) is 9.49. The standard InChI is InChI=1S/C10H21Cl2N/c1-3-9(6-7-13-2)4-5-10(12)8-11/h9-10,13H,3-8H2,1-2H3. The van der Waals surface area contributed by atoms with Crippen LogP contribution in [-0.2, 0) is 0 Å². The van der Waals surface area contributed by atoms with E-state index in [0.717, 1.165) is 18.9 Å². The number of rotatable bonds is 8. The lowest BCUT2D eigenvalue weighted by Crippen LogP contribution is -2.14. The second-order valence-corrected chi connectivity index (χ2v) is 4.42. The van der Waals surface area contributed by atoms with E-state index < -0.39 is 0 Å². The minimum atomic E-state index is 0.158. The summed E-state index contributed by atoms with van der Waals surface area (Å²) in [6, 6.07) is 0. The zero-order valence-corrected chi connectivity index (χ0v) is 10.2. The predicted molar refractivity (Wildman–Crippen MR) is 61.9 cm³/mol. The van der Waals surface area contributed by atoms with Crippen LogP contribution in [0, 0.1) is 5.92 Å². The average molecular weight is 226 g/mol. The van der Waals surface area contributed by atoms with E-state index in [1.165, 1.54) is 19.3 Å². The third kappa shape index (κ3) is 7.60. The Morgan fingerprint density at radius 1 is 1.23 bits per heavy atom. The summed E-state index contributed by atoms with van der Waals surface area (Å²) >= 11 is 11.6. The molecule has 0 aromatic heterocycles. The Bertz CT molecular complexity index is 109. The molecule has 80 valence electrons. The Balaban J connectivity index is 3.46. The molecule has 0 saturated heterocycles. The summed E-state index contributed by atoms with van der Waals surface area (Å²) < 4.78 is 0. The summed E-state index contributed by atoms with van der Waals surface area (Å²) in [5.74, 6) is 1.38. The van der Waals surface area contributed by atoms with Crippen LogP contribution in [0.1, 0.15) is 32.6 Å². The van der Waals surface area contributed by atoms with Gasteiger partial charge in [0.05, 0.1) is 0 Å². The van der Waals surface area contributed by atoms with Crippen molar-refractivity contribution >= 4 is 23.2 Å². The van der Waals surface area contributed by atoms with Gasteiger partial charge in [0, 0.05) is 11.3 Å². The highest BCUT2D eigenvalue weighted by Gasteiger charge is 2.09. The molecule has 1 N–H and O–H groups in total. The molecule has 0 radical (unpaired) electrons. The van der Waals surface area contributed by atoms with Crippen LogP contribution in [0.25, 0.3) is 0 Å². The Hall–Kier alpha value is 0.540. The van der Waals surface area contributed by atoms with Gasteiger partial charge in [-0.2, -0.15) is 0 Å². The second-order valence-electron chi connectivity index (χ2n) is 3.50. The maximum Gasteiger partial charge on any atom is 0.0471 e. The fourth-order valence-electron chi connectivity index (χ4n) is 1.39. The van der Waals surface area contributed by atoms with Crippen molar-refractivity contribution in [2.75, 3.05) is 19.5 Å². The molecule has 0 bridgehead atoms. The Morgan fingerprint density at radius 3 is 2.38 bits per heavy atom. The molecule has 0 aromatic carbocycles. The van der Waals surface area contributed by atoms with Crippen LogP contribution in [0.5, 0.6) is 0 Å². The number of hydrogen-bond acceptors (Lipinski definition) is 1. The van der Waals surface area contributed by atoms with Gasteiger partial charge in [-0.05, 0) is 38.8 Å². The van der Waals surface area contributed by atoms with E-state index in [1.807, 2.05) is 7.05 Å². The summed E-state index contributed by atoms with van der Waals surface area (Å²) in [7, 11) is 2.00. The highest BCUT2D eigenvalue weighted by Crippen LogP contribution is 2.18. The fraction of sp³-hybridized carbons (Fsp3) is 1.00. The molecule has 3 heteroatoms.